The third-order valence-corrected chi connectivity index (χ3v) is 5.34. The third-order valence-electron chi connectivity index (χ3n) is 5.08. The van der Waals surface area contributed by atoms with Gasteiger partial charge in [-0.2, -0.15) is 0 Å². The summed E-state index contributed by atoms with van der Waals surface area (Å²) in [4.78, 5) is 27.2. The molecule has 0 aliphatic carbocycles. The molecule has 1 fully saturated rings. The Kier molecular flexibility index (Phi) is 5.44. The number of hydrogen-bond acceptors (Lipinski definition) is 6. The normalized spacial score (nSPS) is 17.9. The smallest absolute Gasteiger partial charge is 0.296 e. The molecule has 8 heteroatoms. The highest BCUT2D eigenvalue weighted by Crippen LogP contribution is 2.42. The summed E-state index contributed by atoms with van der Waals surface area (Å²) in [7, 11) is 1.40. The first-order valence-corrected chi connectivity index (χ1v) is 9.72. The van der Waals surface area contributed by atoms with Crippen LogP contribution in [-0.2, 0) is 16.1 Å². The zero-order chi connectivity index (χ0) is 22.1. The summed E-state index contributed by atoms with van der Waals surface area (Å²) < 4.78 is 10.5. The molecule has 3 aromatic rings. The molecule has 7 nitrogen and oxygen atoms in total. The Morgan fingerprint density at radius 3 is 2.55 bits per heavy atom. The van der Waals surface area contributed by atoms with Gasteiger partial charge < -0.3 is 24.3 Å². The van der Waals surface area contributed by atoms with Crippen LogP contribution in [0.25, 0.3) is 5.76 Å². The van der Waals surface area contributed by atoms with Crippen LogP contribution in [0.2, 0.25) is 5.02 Å². The number of amides is 1. The molecule has 0 radical (unpaired) electrons. The van der Waals surface area contributed by atoms with E-state index < -0.39 is 17.7 Å². The Bertz CT molecular complexity index is 1170. The lowest BCUT2D eigenvalue weighted by Gasteiger charge is -2.25. The van der Waals surface area contributed by atoms with Crippen molar-refractivity contribution in [2.75, 3.05) is 7.11 Å². The fraction of sp³-hybridized carbons (Fsp3) is 0.130. The van der Waals surface area contributed by atoms with Crippen molar-refractivity contribution in [2.45, 2.75) is 12.6 Å². The van der Waals surface area contributed by atoms with E-state index in [1.807, 2.05) is 0 Å². The molecule has 0 saturated carbocycles. The number of phenols is 1. The molecule has 0 bridgehead atoms. The number of halogens is 1. The molecule has 4 rings (SSSR count). The number of carbonyl (C=O) groups excluding carboxylic acids is 2. The number of Topliss-reactive ketones (excluding diaryl/α,β-unsaturated/α-hetero) is 1. The second-order valence-electron chi connectivity index (χ2n) is 6.94. The van der Waals surface area contributed by atoms with Crippen molar-refractivity contribution in [1.29, 1.82) is 0 Å². The maximum atomic E-state index is 13.0. The summed E-state index contributed by atoms with van der Waals surface area (Å²) >= 11 is 5.93. The highest BCUT2D eigenvalue weighted by molar-refractivity contribution is 6.46. The Labute approximate surface area is 182 Å². The zero-order valence-electron chi connectivity index (χ0n) is 16.4. The van der Waals surface area contributed by atoms with Gasteiger partial charge >= 0.3 is 0 Å². The number of methoxy groups -OCH3 is 1. The van der Waals surface area contributed by atoms with Crippen LogP contribution in [0.5, 0.6) is 11.5 Å². The summed E-state index contributed by atoms with van der Waals surface area (Å²) in [6.45, 7) is 0.0167. The molecule has 2 heterocycles. The molecule has 0 spiro atoms. The molecule has 1 aliphatic rings. The van der Waals surface area contributed by atoms with Crippen molar-refractivity contribution >= 4 is 29.1 Å². The molecule has 1 saturated heterocycles. The van der Waals surface area contributed by atoms with Gasteiger partial charge in [0.1, 0.15) is 11.5 Å². The number of aliphatic hydroxyl groups excluding tert-OH is 1. The van der Waals surface area contributed by atoms with Gasteiger partial charge in [0.15, 0.2) is 11.5 Å². The number of carbonyl (C=O) groups is 2. The fourth-order valence-corrected chi connectivity index (χ4v) is 3.71. The van der Waals surface area contributed by atoms with Gasteiger partial charge in [-0.15, -0.1) is 0 Å². The van der Waals surface area contributed by atoms with Crippen LogP contribution in [0.15, 0.2) is 70.9 Å². The largest absolute Gasteiger partial charge is 0.507 e. The second-order valence-corrected chi connectivity index (χ2v) is 7.38. The lowest BCUT2D eigenvalue weighted by Crippen LogP contribution is -2.29. The molecule has 1 aliphatic heterocycles. The highest BCUT2D eigenvalue weighted by Gasteiger charge is 2.46. The third kappa shape index (κ3) is 3.75. The van der Waals surface area contributed by atoms with Crippen LogP contribution < -0.4 is 4.74 Å². The Morgan fingerprint density at radius 1 is 1.16 bits per heavy atom. The van der Waals surface area contributed by atoms with Gasteiger partial charge in [0.05, 0.1) is 31.5 Å². The van der Waals surface area contributed by atoms with Crippen molar-refractivity contribution < 1.29 is 29.0 Å². The average Bonchev–Trinajstić information content (AvgIpc) is 3.37. The predicted molar refractivity (Wildman–Crippen MR) is 113 cm³/mol. The predicted octanol–water partition coefficient (Wildman–Crippen LogP) is 4.27. The number of nitrogens with zero attached hydrogens (tertiary/aromatic N) is 1. The minimum atomic E-state index is -0.921. The lowest BCUT2D eigenvalue weighted by atomic mass is 9.95. The first kappa shape index (κ1) is 20.6. The van der Waals surface area contributed by atoms with E-state index in [4.69, 9.17) is 20.8 Å². The number of benzene rings is 2. The minimum Gasteiger partial charge on any atom is -0.507 e. The van der Waals surface area contributed by atoms with Gasteiger partial charge in [0, 0.05) is 10.6 Å². The van der Waals surface area contributed by atoms with Crippen molar-refractivity contribution in [3.63, 3.8) is 0 Å². The number of ether oxygens (including phenoxy) is 1. The summed E-state index contributed by atoms with van der Waals surface area (Å²) in [6.07, 6.45) is 1.47. The van der Waals surface area contributed by atoms with E-state index >= 15 is 0 Å². The van der Waals surface area contributed by atoms with Crippen molar-refractivity contribution in [3.8, 4) is 11.5 Å². The number of aliphatic hydroxyl groups is 1. The molecule has 31 heavy (non-hydrogen) atoms. The van der Waals surface area contributed by atoms with Crippen LogP contribution in [0.4, 0.5) is 0 Å². The van der Waals surface area contributed by atoms with Crippen LogP contribution in [0.3, 0.4) is 0 Å². The van der Waals surface area contributed by atoms with Crippen molar-refractivity contribution in [2.24, 2.45) is 0 Å². The number of hydrogen-bond donors (Lipinski definition) is 2. The van der Waals surface area contributed by atoms with Gasteiger partial charge in [-0.1, -0.05) is 17.7 Å². The molecule has 1 amide bonds. The fourth-order valence-electron chi connectivity index (χ4n) is 3.59. The molecule has 1 aromatic heterocycles. The van der Waals surface area contributed by atoms with Gasteiger partial charge in [-0.3, -0.25) is 9.59 Å². The molecule has 2 aromatic carbocycles. The first-order chi connectivity index (χ1) is 14.9. The standard InChI is InChI=1S/C23H18ClNO6/c1-30-18-11-14(6-9-17(18)26)20-19(21(27)13-4-7-15(24)8-5-13)22(28)23(29)25(20)12-16-3-2-10-31-16/h2-11,20,26-27H,12H2,1H3/t20-/m1/s1. The zero-order valence-corrected chi connectivity index (χ0v) is 17.2. The quantitative estimate of drug-likeness (QED) is 0.350. The van der Waals surface area contributed by atoms with Gasteiger partial charge in [0.25, 0.3) is 11.7 Å². The van der Waals surface area contributed by atoms with Crippen molar-refractivity contribution in [3.05, 3.63) is 88.3 Å². The summed E-state index contributed by atoms with van der Waals surface area (Å²) in [6, 6.07) is 13.2. The molecular weight excluding hydrogens is 422 g/mol. The van der Waals surface area contributed by atoms with E-state index in [9.17, 15) is 19.8 Å². The number of phenolic OH excluding ortho intramolecular Hbond substituents is 1. The molecule has 0 unspecified atom stereocenters. The summed E-state index contributed by atoms with van der Waals surface area (Å²) in [5, 5.41) is 21.4. The van der Waals surface area contributed by atoms with Gasteiger partial charge in [-0.25, -0.2) is 0 Å². The van der Waals surface area contributed by atoms with Gasteiger partial charge in [-0.05, 0) is 54.1 Å². The Hall–Kier alpha value is -3.71. The topological polar surface area (TPSA) is 100 Å². The molecular formula is C23H18ClNO6. The van der Waals surface area contributed by atoms with E-state index in [-0.39, 0.29) is 29.4 Å². The number of ketones is 1. The monoisotopic (exact) mass is 439 g/mol. The SMILES string of the molecule is COc1cc([C@@H]2C(=C(O)c3ccc(Cl)cc3)C(=O)C(=O)N2Cc2ccco2)ccc1O. The molecule has 2 N–H and O–H groups in total. The van der Waals surface area contributed by atoms with Crippen LogP contribution in [0, 0.1) is 0 Å². The summed E-state index contributed by atoms with van der Waals surface area (Å²) in [5.74, 6) is -1.36. The summed E-state index contributed by atoms with van der Waals surface area (Å²) in [5.41, 5.74) is 0.749. The van der Waals surface area contributed by atoms with Crippen molar-refractivity contribution in [1.82, 2.24) is 4.90 Å². The van der Waals surface area contributed by atoms with Gasteiger partial charge in [0.2, 0.25) is 0 Å². The number of aromatic hydroxyl groups is 1. The van der Waals surface area contributed by atoms with Crippen LogP contribution in [0.1, 0.15) is 22.9 Å². The number of furan rings is 1. The second kappa shape index (κ2) is 8.20. The Balaban J connectivity index is 1.89. The average molecular weight is 440 g/mol. The molecule has 1 atom stereocenters. The van der Waals surface area contributed by atoms with E-state index in [2.05, 4.69) is 0 Å². The van der Waals surface area contributed by atoms with E-state index in [0.717, 1.165) is 0 Å². The van der Waals surface area contributed by atoms with E-state index in [1.165, 1.54) is 30.4 Å². The van der Waals surface area contributed by atoms with Crippen LogP contribution in [-0.4, -0.2) is 33.9 Å². The van der Waals surface area contributed by atoms with E-state index in [1.54, 1.807) is 42.5 Å². The number of likely N-dealkylation sites (tertiary alicyclic amines) is 1. The maximum absolute atomic E-state index is 13.0. The van der Waals surface area contributed by atoms with Crippen LogP contribution >= 0.6 is 11.6 Å². The minimum absolute atomic E-state index is 0.0167. The highest BCUT2D eigenvalue weighted by atomic mass is 35.5. The first-order valence-electron chi connectivity index (χ1n) is 9.34. The lowest BCUT2D eigenvalue weighted by molar-refractivity contribution is -0.140. The maximum Gasteiger partial charge on any atom is 0.296 e. The Morgan fingerprint density at radius 2 is 1.90 bits per heavy atom. The van der Waals surface area contributed by atoms with E-state index in [0.29, 0.717) is 21.9 Å². The molecule has 158 valence electrons. The number of rotatable bonds is 5.